The van der Waals surface area contributed by atoms with E-state index in [-0.39, 0.29) is 11.8 Å². The normalized spacial score (nSPS) is 22.1. The van der Waals surface area contributed by atoms with E-state index in [1.807, 2.05) is 42.6 Å². The maximum absolute atomic E-state index is 12.0. The maximum atomic E-state index is 12.0. The number of likely N-dealkylation sites (N-methyl/N-ethyl adjacent to an activating group) is 1. The van der Waals surface area contributed by atoms with Crippen molar-refractivity contribution in [1.29, 1.82) is 0 Å². The predicted octanol–water partition coefficient (Wildman–Crippen LogP) is 4.10. The fraction of sp³-hybridized carbons (Fsp3) is 0.375. The van der Waals surface area contributed by atoms with Crippen LogP contribution in [0.5, 0.6) is 5.75 Å². The van der Waals surface area contributed by atoms with Crippen molar-refractivity contribution in [2.24, 2.45) is 0 Å². The van der Waals surface area contributed by atoms with E-state index in [0.717, 1.165) is 42.7 Å². The number of piperidine rings is 1. The van der Waals surface area contributed by atoms with E-state index in [9.17, 15) is 15.0 Å². The second-order valence-electron chi connectivity index (χ2n) is 7.90. The van der Waals surface area contributed by atoms with Gasteiger partial charge < -0.3 is 15.1 Å². The molecular weight excluding hydrogens is 364 g/mol. The molecule has 2 atom stereocenters. The highest BCUT2D eigenvalue weighted by Crippen LogP contribution is 2.40. The standard InChI is InChI=1S/C24H28N2O3/c1-2-25-14-6-5-7-18(25)15-26-16-22(24(28)29)20-8-3-4-9-21(20)23(26)17-10-12-19(27)13-11-17/h3-4,8-13,16,18,23,27H,2,5-7,14-15H2,1H3,(H,28,29). The lowest BCUT2D eigenvalue weighted by molar-refractivity contribution is -0.130. The molecule has 152 valence electrons. The first kappa shape index (κ1) is 19.5. The lowest BCUT2D eigenvalue weighted by Crippen LogP contribution is -2.47. The zero-order valence-electron chi connectivity index (χ0n) is 16.8. The van der Waals surface area contributed by atoms with Crippen LogP contribution in [0.3, 0.4) is 0 Å². The van der Waals surface area contributed by atoms with E-state index in [2.05, 4.69) is 16.7 Å². The number of carboxylic acids is 1. The van der Waals surface area contributed by atoms with Crippen molar-refractivity contribution in [2.75, 3.05) is 19.6 Å². The summed E-state index contributed by atoms with van der Waals surface area (Å²) in [5.41, 5.74) is 3.16. The molecule has 0 bridgehead atoms. The summed E-state index contributed by atoms with van der Waals surface area (Å²) in [6.07, 6.45) is 5.39. The Bertz CT molecular complexity index is 907. The molecule has 2 aliphatic rings. The van der Waals surface area contributed by atoms with Crippen LogP contribution in [0.25, 0.3) is 5.57 Å². The average Bonchev–Trinajstić information content (AvgIpc) is 2.74. The van der Waals surface area contributed by atoms with Gasteiger partial charge in [0.05, 0.1) is 11.6 Å². The van der Waals surface area contributed by atoms with E-state index in [4.69, 9.17) is 0 Å². The van der Waals surface area contributed by atoms with Gasteiger partial charge in [-0.2, -0.15) is 0 Å². The summed E-state index contributed by atoms with van der Waals surface area (Å²) in [5.74, 6) is -0.668. The number of nitrogens with zero attached hydrogens (tertiary/aromatic N) is 2. The average molecular weight is 392 g/mol. The second kappa shape index (κ2) is 8.29. The number of likely N-dealkylation sites (tertiary alicyclic amines) is 1. The van der Waals surface area contributed by atoms with Crippen molar-refractivity contribution in [3.05, 3.63) is 71.4 Å². The van der Waals surface area contributed by atoms with Gasteiger partial charge in [0.25, 0.3) is 0 Å². The van der Waals surface area contributed by atoms with E-state index in [1.54, 1.807) is 12.1 Å². The fourth-order valence-corrected chi connectivity index (χ4v) is 4.75. The van der Waals surface area contributed by atoms with Crippen LogP contribution in [-0.2, 0) is 4.79 Å². The Hall–Kier alpha value is -2.79. The van der Waals surface area contributed by atoms with Crippen molar-refractivity contribution in [2.45, 2.75) is 38.3 Å². The molecule has 2 aromatic carbocycles. The predicted molar refractivity (Wildman–Crippen MR) is 114 cm³/mol. The van der Waals surface area contributed by atoms with Crippen molar-refractivity contribution >= 4 is 11.5 Å². The summed E-state index contributed by atoms with van der Waals surface area (Å²) in [4.78, 5) is 16.7. The molecule has 0 aliphatic carbocycles. The molecule has 0 saturated carbocycles. The number of hydrogen-bond acceptors (Lipinski definition) is 4. The van der Waals surface area contributed by atoms with Crippen LogP contribution in [0, 0.1) is 0 Å². The molecule has 2 unspecified atom stereocenters. The molecule has 1 saturated heterocycles. The van der Waals surface area contributed by atoms with Gasteiger partial charge in [0.2, 0.25) is 0 Å². The van der Waals surface area contributed by atoms with Crippen LogP contribution >= 0.6 is 0 Å². The number of carboxylic acid groups (broad SMARTS) is 1. The summed E-state index contributed by atoms with van der Waals surface area (Å²) < 4.78 is 0. The maximum Gasteiger partial charge on any atom is 0.337 e. The SMILES string of the molecule is CCN1CCCCC1CN1C=C(C(=O)O)c2ccccc2C1c1ccc(O)cc1. The third-order valence-corrected chi connectivity index (χ3v) is 6.19. The molecule has 0 amide bonds. The number of rotatable bonds is 5. The summed E-state index contributed by atoms with van der Waals surface area (Å²) in [6.45, 7) is 5.09. The van der Waals surface area contributed by atoms with Crippen LogP contribution in [-0.4, -0.2) is 51.7 Å². The lowest BCUT2D eigenvalue weighted by atomic mass is 9.86. The Balaban J connectivity index is 1.78. The van der Waals surface area contributed by atoms with Gasteiger partial charge in [-0.15, -0.1) is 0 Å². The molecular formula is C24H28N2O3. The number of benzene rings is 2. The highest BCUT2D eigenvalue weighted by molar-refractivity contribution is 6.16. The Morgan fingerprint density at radius 1 is 1.10 bits per heavy atom. The van der Waals surface area contributed by atoms with Crippen molar-refractivity contribution < 1.29 is 15.0 Å². The van der Waals surface area contributed by atoms with E-state index < -0.39 is 5.97 Å². The topological polar surface area (TPSA) is 64.0 Å². The third kappa shape index (κ3) is 3.87. The first-order valence-electron chi connectivity index (χ1n) is 10.4. The molecule has 0 spiro atoms. The number of carbonyl (C=O) groups is 1. The molecule has 1 fully saturated rings. The number of phenolic OH excluding ortho intramolecular Hbond substituents is 1. The monoisotopic (exact) mass is 392 g/mol. The fourth-order valence-electron chi connectivity index (χ4n) is 4.75. The molecule has 2 aliphatic heterocycles. The molecule has 2 aromatic rings. The highest BCUT2D eigenvalue weighted by Gasteiger charge is 2.33. The first-order chi connectivity index (χ1) is 14.1. The zero-order valence-corrected chi connectivity index (χ0v) is 16.8. The molecule has 5 heteroatoms. The van der Waals surface area contributed by atoms with Crippen LogP contribution in [0.4, 0.5) is 0 Å². The molecule has 2 heterocycles. The number of fused-ring (bicyclic) bond motifs is 1. The van der Waals surface area contributed by atoms with E-state index >= 15 is 0 Å². The lowest BCUT2D eigenvalue weighted by Gasteiger charge is -2.43. The number of phenols is 1. The highest BCUT2D eigenvalue weighted by atomic mass is 16.4. The Kier molecular flexibility index (Phi) is 5.58. The van der Waals surface area contributed by atoms with Gasteiger partial charge in [-0.25, -0.2) is 4.79 Å². The minimum atomic E-state index is -0.900. The number of aromatic hydroxyl groups is 1. The third-order valence-electron chi connectivity index (χ3n) is 6.19. The summed E-state index contributed by atoms with van der Waals surface area (Å²) in [5, 5.41) is 19.6. The van der Waals surface area contributed by atoms with Crippen molar-refractivity contribution in [1.82, 2.24) is 9.80 Å². The van der Waals surface area contributed by atoms with Gasteiger partial charge in [-0.1, -0.05) is 49.7 Å². The van der Waals surface area contributed by atoms with Gasteiger partial charge in [0, 0.05) is 18.8 Å². The summed E-state index contributed by atoms with van der Waals surface area (Å²) >= 11 is 0. The second-order valence-corrected chi connectivity index (χ2v) is 7.90. The van der Waals surface area contributed by atoms with Crippen LogP contribution in [0.1, 0.15) is 48.9 Å². The minimum absolute atomic E-state index is 0.0736. The molecule has 0 radical (unpaired) electrons. The van der Waals surface area contributed by atoms with Crippen LogP contribution < -0.4 is 0 Å². The van der Waals surface area contributed by atoms with Crippen LogP contribution in [0.2, 0.25) is 0 Å². The Labute approximate surface area is 171 Å². The molecule has 4 rings (SSSR count). The smallest absolute Gasteiger partial charge is 0.337 e. The minimum Gasteiger partial charge on any atom is -0.508 e. The Morgan fingerprint density at radius 2 is 1.86 bits per heavy atom. The zero-order chi connectivity index (χ0) is 20.4. The molecule has 5 nitrogen and oxygen atoms in total. The van der Waals surface area contributed by atoms with Crippen LogP contribution in [0.15, 0.2) is 54.7 Å². The van der Waals surface area contributed by atoms with Crippen molar-refractivity contribution in [3.8, 4) is 5.75 Å². The van der Waals surface area contributed by atoms with E-state index in [1.165, 1.54) is 12.8 Å². The van der Waals surface area contributed by atoms with Gasteiger partial charge in [-0.3, -0.25) is 4.90 Å². The van der Waals surface area contributed by atoms with Crippen molar-refractivity contribution in [3.63, 3.8) is 0 Å². The molecule has 0 aromatic heterocycles. The van der Waals surface area contributed by atoms with Gasteiger partial charge in [0.1, 0.15) is 5.75 Å². The largest absolute Gasteiger partial charge is 0.508 e. The molecule has 2 N–H and O–H groups in total. The van der Waals surface area contributed by atoms with Gasteiger partial charge in [0.15, 0.2) is 0 Å². The summed E-state index contributed by atoms with van der Waals surface area (Å²) in [6, 6.07) is 15.4. The Morgan fingerprint density at radius 3 is 2.59 bits per heavy atom. The van der Waals surface area contributed by atoms with Gasteiger partial charge in [-0.05, 0) is 54.8 Å². The number of aliphatic carboxylic acids is 1. The first-order valence-corrected chi connectivity index (χ1v) is 10.4. The van der Waals surface area contributed by atoms with E-state index in [0.29, 0.717) is 11.6 Å². The number of hydrogen-bond donors (Lipinski definition) is 2. The molecule has 29 heavy (non-hydrogen) atoms. The van der Waals surface area contributed by atoms with Gasteiger partial charge >= 0.3 is 5.97 Å². The quantitative estimate of drug-likeness (QED) is 0.802. The summed E-state index contributed by atoms with van der Waals surface area (Å²) in [7, 11) is 0.